The molecule has 2 rings (SSSR count). The van der Waals surface area contributed by atoms with Gasteiger partial charge in [0.25, 0.3) is 5.91 Å². The third-order valence-electron chi connectivity index (χ3n) is 4.43. The van der Waals surface area contributed by atoms with Crippen LogP contribution in [0.2, 0.25) is 0 Å². The normalized spacial score (nSPS) is 16.4. The van der Waals surface area contributed by atoms with Gasteiger partial charge in [-0.3, -0.25) is 9.59 Å². The zero-order valence-electron chi connectivity index (χ0n) is 15.6. The van der Waals surface area contributed by atoms with Gasteiger partial charge in [0.1, 0.15) is 5.56 Å². The molecule has 2 N–H and O–H groups in total. The number of primary amides is 1. The van der Waals surface area contributed by atoms with Crippen molar-refractivity contribution in [2.24, 2.45) is 11.7 Å². The molecule has 2 amide bonds. The lowest BCUT2D eigenvalue weighted by Crippen LogP contribution is -2.45. The molecule has 1 saturated heterocycles. The molecule has 1 aromatic carbocycles. The number of benzene rings is 1. The van der Waals surface area contributed by atoms with Crippen molar-refractivity contribution in [2.45, 2.75) is 12.8 Å². The number of nitrogens with zero attached hydrogens (tertiary/aromatic N) is 1. The molecule has 0 radical (unpaired) electrons. The average Bonchev–Trinajstić information content (AvgIpc) is 2.70. The molecular weight excluding hydrogens is 356 g/mol. The number of esters is 1. The molecule has 1 fully saturated rings. The van der Waals surface area contributed by atoms with Gasteiger partial charge in [-0.2, -0.15) is 0 Å². The van der Waals surface area contributed by atoms with Crippen LogP contribution in [-0.2, 0) is 14.3 Å². The molecule has 9 nitrogen and oxygen atoms in total. The van der Waals surface area contributed by atoms with E-state index in [0.29, 0.717) is 25.1 Å². The molecule has 0 bridgehead atoms. The van der Waals surface area contributed by atoms with Gasteiger partial charge >= 0.3 is 5.97 Å². The highest BCUT2D eigenvalue weighted by Gasteiger charge is 2.28. The molecular formula is C18H24N2O7. The van der Waals surface area contributed by atoms with Crippen LogP contribution in [-0.4, -0.2) is 63.7 Å². The first-order valence-corrected chi connectivity index (χ1v) is 8.46. The van der Waals surface area contributed by atoms with Gasteiger partial charge < -0.3 is 29.6 Å². The fourth-order valence-corrected chi connectivity index (χ4v) is 2.99. The van der Waals surface area contributed by atoms with E-state index in [1.165, 1.54) is 32.3 Å². The van der Waals surface area contributed by atoms with E-state index in [2.05, 4.69) is 0 Å². The Morgan fingerprint density at radius 2 is 1.81 bits per heavy atom. The minimum atomic E-state index is -0.732. The number of ether oxygens (including phenoxy) is 4. The summed E-state index contributed by atoms with van der Waals surface area (Å²) in [4.78, 5) is 37.5. The van der Waals surface area contributed by atoms with Crippen molar-refractivity contribution in [2.75, 3.05) is 41.0 Å². The Morgan fingerprint density at radius 1 is 1.11 bits per heavy atom. The summed E-state index contributed by atoms with van der Waals surface area (Å²) in [5.74, 6) is -1.11. The smallest absolute Gasteiger partial charge is 0.342 e. The zero-order chi connectivity index (χ0) is 20.0. The highest BCUT2D eigenvalue weighted by molar-refractivity contribution is 5.95. The van der Waals surface area contributed by atoms with Gasteiger partial charge in [-0.1, -0.05) is 0 Å². The van der Waals surface area contributed by atoms with Gasteiger partial charge in [-0.05, 0) is 25.0 Å². The lowest BCUT2D eigenvalue weighted by molar-refractivity contribution is -0.137. The summed E-state index contributed by atoms with van der Waals surface area (Å²) in [6.07, 6.45) is 1.33. The second kappa shape index (κ2) is 9.11. The minimum absolute atomic E-state index is 0.108. The van der Waals surface area contributed by atoms with E-state index in [9.17, 15) is 14.4 Å². The molecule has 1 aliphatic heterocycles. The largest absolute Gasteiger partial charge is 0.493 e. The number of methoxy groups -OCH3 is 3. The Balaban J connectivity index is 2.05. The van der Waals surface area contributed by atoms with Gasteiger partial charge in [0.15, 0.2) is 18.1 Å². The standard InChI is InChI=1S/C18H24N2O7/c1-24-13-7-6-12(15(25-2)16(13)26-3)18(23)27-10-14(21)20-8-4-5-11(9-20)17(19)22/h6-7,11H,4-5,8-10H2,1-3H3,(H2,19,22)/t11-/m1/s1. The number of carbonyl (C=O) groups is 3. The summed E-state index contributed by atoms with van der Waals surface area (Å²) < 4.78 is 20.8. The van der Waals surface area contributed by atoms with Crippen molar-refractivity contribution in [3.63, 3.8) is 0 Å². The number of rotatable bonds is 7. The van der Waals surface area contributed by atoms with Crippen molar-refractivity contribution >= 4 is 17.8 Å². The van der Waals surface area contributed by atoms with Crippen molar-refractivity contribution in [3.05, 3.63) is 17.7 Å². The summed E-state index contributed by atoms with van der Waals surface area (Å²) >= 11 is 0. The molecule has 1 atom stereocenters. The summed E-state index contributed by atoms with van der Waals surface area (Å²) in [6.45, 7) is 0.299. The van der Waals surface area contributed by atoms with Crippen LogP contribution in [0, 0.1) is 5.92 Å². The van der Waals surface area contributed by atoms with E-state index in [-0.39, 0.29) is 35.4 Å². The third kappa shape index (κ3) is 4.60. The fraction of sp³-hybridized carbons (Fsp3) is 0.500. The monoisotopic (exact) mass is 380 g/mol. The molecule has 1 aromatic rings. The lowest BCUT2D eigenvalue weighted by Gasteiger charge is -2.31. The SMILES string of the molecule is COc1ccc(C(=O)OCC(=O)N2CCC[C@@H](C(N)=O)C2)c(OC)c1OC. The van der Waals surface area contributed by atoms with Crippen molar-refractivity contribution in [3.8, 4) is 17.2 Å². The predicted molar refractivity (Wildman–Crippen MR) is 94.9 cm³/mol. The molecule has 0 saturated carbocycles. The van der Waals surface area contributed by atoms with E-state index in [1.54, 1.807) is 6.07 Å². The quantitative estimate of drug-likeness (QED) is 0.688. The molecule has 0 spiro atoms. The minimum Gasteiger partial charge on any atom is -0.493 e. The second-order valence-corrected chi connectivity index (χ2v) is 6.04. The highest BCUT2D eigenvalue weighted by atomic mass is 16.5. The number of likely N-dealkylation sites (tertiary alicyclic amines) is 1. The number of amides is 2. The average molecular weight is 380 g/mol. The topological polar surface area (TPSA) is 117 Å². The van der Waals surface area contributed by atoms with Crippen LogP contribution in [0.5, 0.6) is 17.2 Å². The van der Waals surface area contributed by atoms with Gasteiger partial charge in [0.2, 0.25) is 11.7 Å². The van der Waals surface area contributed by atoms with Crippen LogP contribution in [0.25, 0.3) is 0 Å². The highest BCUT2D eigenvalue weighted by Crippen LogP contribution is 2.39. The Hall–Kier alpha value is -2.97. The first-order chi connectivity index (χ1) is 12.9. The van der Waals surface area contributed by atoms with Crippen LogP contribution in [0.4, 0.5) is 0 Å². The van der Waals surface area contributed by atoms with E-state index >= 15 is 0 Å². The van der Waals surface area contributed by atoms with E-state index < -0.39 is 18.5 Å². The molecule has 1 aliphatic rings. The Kier molecular flexibility index (Phi) is 6.86. The van der Waals surface area contributed by atoms with Crippen LogP contribution >= 0.6 is 0 Å². The first-order valence-electron chi connectivity index (χ1n) is 8.46. The molecule has 148 valence electrons. The van der Waals surface area contributed by atoms with Crippen LogP contribution in [0.15, 0.2) is 12.1 Å². The number of nitrogens with two attached hydrogens (primary N) is 1. The zero-order valence-corrected chi connectivity index (χ0v) is 15.6. The van der Waals surface area contributed by atoms with Crippen molar-refractivity contribution in [1.29, 1.82) is 0 Å². The van der Waals surface area contributed by atoms with Gasteiger partial charge in [0.05, 0.1) is 27.2 Å². The Morgan fingerprint density at radius 3 is 2.41 bits per heavy atom. The third-order valence-corrected chi connectivity index (χ3v) is 4.43. The van der Waals surface area contributed by atoms with Gasteiger partial charge in [-0.25, -0.2) is 4.79 Å². The van der Waals surface area contributed by atoms with E-state index in [1.807, 2.05) is 0 Å². The second-order valence-electron chi connectivity index (χ2n) is 6.04. The van der Waals surface area contributed by atoms with Crippen LogP contribution < -0.4 is 19.9 Å². The number of hydrogen-bond donors (Lipinski definition) is 1. The van der Waals surface area contributed by atoms with Crippen molar-refractivity contribution < 1.29 is 33.3 Å². The maximum absolute atomic E-state index is 12.4. The van der Waals surface area contributed by atoms with Gasteiger partial charge in [-0.15, -0.1) is 0 Å². The number of carbonyl (C=O) groups excluding carboxylic acids is 3. The van der Waals surface area contributed by atoms with Crippen molar-refractivity contribution in [1.82, 2.24) is 4.90 Å². The Bertz CT molecular complexity index is 720. The number of piperidine rings is 1. The van der Waals surface area contributed by atoms with Crippen LogP contribution in [0.1, 0.15) is 23.2 Å². The summed E-state index contributed by atoms with van der Waals surface area (Å²) in [6, 6.07) is 3.01. The predicted octanol–water partition coefficient (Wildman–Crippen LogP) is 0.593. The van der Waals surface area contributed by atoms with Gasteiger partial charge in [0, 0.05) is 13.1 Å². The maximum atomic E-state index is 12.4. The van der Waals surface area contributed by atoms with E-state index in [4.69, 9.17) is 24.7 Å². The molecule has 1 heterocycles. The summed E-state index contributed by atoms with van der Waals surface area (Å²) in [5.41, 5.74) is 5.42. The van der Waals surface area contributed by atoms with E-state index in [0.717, 1.165) is 0 Å². The first kappa shape index (κ1) is 20.3. The summed E-state index contributed by atoms with van der Waals surface area (Å²) in [7, 11) is 4.27. The molecule has 9 heteroatoms. The fourth-order valence-electron chi connectivity index (χ4n) is 2.99. The molecule has 0 aromatic heterocycles. The summed E-state index contributed by atoms with van der Waals surface area (Å²) in [5, 5.41) is 0. The lowest BCUT2D eigenvalue weighted by atomic mass is 9.97. The Labute approximate surface area is 157 Å². The molecule has 0 unspecified atom stereocenters. The van der Waals surface area contributed by atoms with Crippen LogP contribution in [0.3, 0.4) is 0 Å². The number of hydrogen-bond acceptors (Lipinski definition) is 7. The molecule has 0 aliphatic carbocycles. The molecule has 27 heavy (non-hydrogen) atoms. The maximum Gasteiger partial charge on any atom is 0.342 e.